The molecule has 4 heterocycles. The van der Waals surface area contributed by atoms with Gasteiger partial charge in [0.1, 0.15) is 42.0 Å². The average molecular weight is 887 g/mol. The predicted octanol–water partition coefficient (Wildman–Crippen LogP) is 0.685. The smallest absolute Gasteiger partial charge is 0.326 e. The second-order valence-electron chi connectivity index (χ2n) is 17.5. The van der Waals surface area contributed by atoms with Crippen molar-refractivity contribution in [1.82, 2.24) is 35.6 Å². The van der Waals surface area contributed by atoms with Crippen LogP contribution in [0.2, 0.25) is 0 Å². The summed E-state index contributed by atoms with van der Waals surface area (Å²) in [4.78, 5) is 114. The molecule has 2 aromatic rings. The van der Waals surface area contributed by atoms with Crippen LogP contribution in [-0.2, 0) is 51.2 Å². The zero-order valence-electron chi connectivity index (χ0n) is 36.7. The minimum absolute atomic E-state index is 0.0889. The van der Waals surface area contributed by atoms with Crippen molar-refractivity contribution in [2.45, 2.75) is 127 Å². The minimum atomic E-state index is -1.09. The number of carbonyl (C=O) groups excluding carboxylic acids is 7. The number of nitrogens with zero attached hydrogens (tertiary/aromatic N) is 4. The summed E-state index contributed by atoms with van der Waals surface area (Å²) >= 11 is 0. The molecule has 0 aromatic heterocycles. The quantitative estimate of drug-likeness (QED) is 0.129. The van der Waals surface area contributed by atoms with E-state index in [9.17, 15) is 48.6 Å². The van der Waals surface area contributed by atoms with Crippen molar-refractivity contribution in [3.8, 4) is 5.75 Å². The van der Waals surface area contributed by atoms with Crippen LogP contribution < -0.4 is 21.7 Å². The largest absolute Gasteiger partial charge is 0.508 e. The fourth-order valence-electron chi connectivity index (χ4n) is 9.43. The van der Waals surface area contributed by atoms with Gasteiger partial charge >= 0.3 is 5.97 Å². The molecule has 7 N–H and O–H groups in total. The Labute approximate surface area is 373 Å². The maximum Gasteiger partial charge on any atom is 0.326 e. The van der Waals surface area contributed by atoms with Crippen LogP contribution in [0.3, 0.4) is 0 Å². The first-order chi connectivity index (χ1) is 30.7. The number of likely N-dealkylation sites (tertiary alicyclic amines) is 4. The van der Waals surface area contributed by atoms with Crippen LogP contribution in [0.25, 0.3) is 0 Å². The van der Waals surface area contributed by atoms with E-state index in [1.807, 2.05) is 44.2 Å². The Kier molecular flexibility index (Phi) is 16.0. The van der Waals surface area contributed by atoms with Gasteiger partial charge in [0, 0.05) is 32.6 Å². The predicted molar refractivity (Wildman–Crippen MR) is 233 cm³/mol. The highest BCUT2D eigenvalue weighted by Crippen LogP contribution is 2.25. The lowest BCUT2D eigenvalue weighted by Crippen LogP contribution is -2.58. The highest BCUT2D eigenvalue weighted by Gasteiger charge is 2.44. The van der Waals surface area contributed by atoms with Crippen molar-refractivity contribution in [1.29, 1.82) is 0 Å². The SMILES string of the molecule is CC[C@H](C)[C@H](NC(=O)[C@@H]1CCCN1C(=O)CNC(=O)[C@@H]1CCCN1C(=O)[C@H](Cc1ccccc1)NC(=O)[C@@H]1CCCN1C(=O)[C@@H](N)Cc1ccc(O)cc1)C(=O)N1CCC[C@H]1C(=O)O. The lowest BCUT2D eigenvalue weighted by molar-refractivity contribution is -0.150. The molecule has 0 aliphatic carbocycles. The lowest BCUT2D eigenvalue weighted by atomic mass is 9.96. The normalized spacial score (nSPS) is 22.7. The van der Waals surface area contributed by atoms with Crippen LogP contribution >= 0.6 is 0 Å². The highest BCUT2D eigenvalue weighted by molar-refractivity contribution is 5.97. The molecule has 2 aromatic carbocycles. The van der Waals surface area contributed by atoms with E-state index in [0.717, 1.165) is 11.1 Å². The number of rotatable bonds is 17. The number of phenolic OH excluding ortho intramolecular Hbond substituents is 1. The zero-order valence-corrected chi connectivity index (χ0v) is 36.7. The number of nitrogens with one attached hydrogen (secondary N) is 3. The van der Waals surface area contributed by atoms with E-state index >= 15 is 0 Å². The summed E-state index contributed by atoms with van der Waals surface area (Å²) in [6, 6.07) is 8.86. The number of hydrogen-bond donors (Lipinski definition) is 6. The van der Waals surface area contributed by atoms with Crippen LogP contribution in [0, 0.1) is 5.92 Å². The molecular weight excluding hydrogens is 825 g/mol. The summed E-state index contributed by atoms with van der Waals surface area (Å²) in [5, 5.41) is 27.7. The monoisotopic (exact) mass is 886 g/mol. The van der Waals surface area contributed by atoms with Crippen LogP contribution in [0.15, 0.2) is 54.6 Å². The molecular formula is C46H62N8O10. The van der Waals surface area contributed by atoms with E-state index in [1.54, 1.807) is 12.1 Å². The van der Waals surface area contributed by atoms with Crippen molar-refractivity contribution >= 4 is 47.3 Å². The number of nitrogens with two attached hydrogens (primary N) is 1. The van der Waals surface area contributed by atoms with Gasteiger partial charge in [-0.15, -0.1) is 0 Å². The Morgan fingerprint density at radius 3 is 1.73 bits per heavy atom. The number of phenols is 1. The fourth-order valence-corrected chi connectivity index (χ4v) is 9.43. The van der Waals surface area contributed by atoms with E-state index in [1.165, 1.54) is 31.7 Å². The Hall–Kier alpha value is -6.04. The van der Waals surface area contributed by atoms with E-state index < -0.39 is 96.2 Å². The number of aliphatic carboxylic acids is 1. The van der Waals surface area contributed by atoms with Gasteiger partial charge in [-0.25, -0.2) is 4.79 Å². The Morgan fingerprint density at radius 1 is 0.641 bits per heavy atom. The summed E-state index contributed by atoms with van der Waals surface area (Å²) in [6.07, 6.45) is 4.37. The fraction of sp³-hybridized carbons (Fsp3) is 0.565. The van der Waals surface area contributed by atoms with Gasteiger partial charge in [-0.2, -0.15) is 0 Å². The number of carboxylic acid groups (broad SMARTS) is 1. The summed E-state index contributed by atoms with van der Waals surface area (Å²) in [5.41, 5.74) is 7.85. The third-order valence-electron chi connectivity index (χ3n) is 13.2. The molecule has 4 saturated heterocycles. The number of carbonyl (C=O) groups is 8. The van der Waals surface area contributed by atoms with Gasteiger partial charge in [-0.05, 0) is 87.0 Å². The van der Waals surface area contributed by atoms with Crippen LogP contribution in [0.5, 0.6) is 5.75 Å². The van der Waals surface area contributed by atoms with Gasteiger partial charge in [0.25, 0.3) is 0 Å². The molecule has 8 atom stereocenters. The molecule has 64 heavy (non-hydrogen) atoms. The van der Waals surface area contributed by atoms with Crippen molar-refractivity contribution in [3.05, 3.63) is 65.7 Å². The molecule has 0 spiro atoms. The van der Waals surface area contributed by atoms with Crippen LogP contribution in [-0.4, -0.2) is 152 Å². The van der Waals surface area contributed by atoms with Gasteiger partial charge in [-0.3, -0.25) is 33.6 Å². The van der Waals surface area contributed by atoms with Crippen LogP contribution in [0.4, 0.5) is 0 Å². The van der Waals surface area contributed by atoms with Gasteiger partial charge in [0.15, 0.2) is 0 Å². The molecule has 4 fully saturated rings. The van der Waals surface area contributed by atoms with E-state index in [-0.39, 0.29) is 44.1 Å². The number of benzene rings is 2. The summed E-state index contributed by atoms with van der Waals surface area (Å²) in [5.74, 6) is -4.75. The minimum Gasteiger partial charge on any atom is -0.508 e. The number of aromatic hydroxyl groups is 1. The molecule has 18 heteroatoms. The standard InChI is InChI=1S/C46H62N8O10/c1-3-28(2)39(45(62)54-24-10-16-37(54)46(63)64)50-42(59)35-14-7-21-51(35)38(56)27-48-40(57)34-13-8-23-53(34)44(61)33(26-29-11-5-4-6-12-29)49-41(58)36-15-9-22-52(36)43(60)32(47)25-30-17-19-31(55)20-18-30/h4-6,11-12,17-20,28,32-37,39,55H,3,7-10,13-16,21-27,47H2,1-2H3,(H,48,57)(H,49,58)(H,50,59)(H,63,64)/t28-,32-,33-,34-,35-,36-,37-,39-/m0/s1. The molecule has 7 amide bonds. The van der Waals surface area contributed by atoms with Crippen molar-refractivity contribution in [2.24, 2.45) is 11.7 Å². The Balaban J connectivity index is 1.08. The summed E-state index contributed by atoms with van der Waals surface area (Å²) in [7, 11) is 0. The maximum atomic E-state index is 14.4. The van der Waals surface area contributed by atoms with Crippen molar-refractivity contribution in [3.63, 3.8) is 0 Å². The first-order valence-electron chi connectivity index (χ1n) is 22.6. The molecule has 346 valence electrons. The van der Waals surface area contributed by atoms with E-state index in [0.29, 0.717) is 64.3 Å². The van der Waals surface area contributed by atoms with Gasteiger partial charge in [-0.1, -0.05) is 62.7 Å². The Morgan fingerprint density at radius 2 is 1.14 bits per heavy atom. The second-order valence-corrected chi connectivity index (χ2v) is 17.5. The number of amides is 7. The zero-order chi connectivity index (χ0) is 46.1. The highest BCUT2D eigenvalue weighted by atomic mass is 16.4. The molecule has 0 radical (unpaired) electrons. The summed E-state index contributed by atoms with van der Waals surface area (Å²) in [6.45, 7) is 4.33. The maximum absolute atomic E-state index is 14.4. The lowest BCUT2D eigenvalue weighted by Gasteiger charge is -2.32. The van der Waals surface area contributed by atoms with Crippen molar-refractivity contribution in [2.75, 3.05) is 32.7 Å². The molecule has 0 saturated carbocycles. The molecule has 0 unspecified atom stereocenters. The topological polar surface area (TPSA) is 252 Å². The third-order valence-corrected chi connectivity index (χ3v) is 13.2. The number of hydrogen-bond acceptors (Lipinski definition) is 10. The molecule has 6 rings (SSSR count). The van der Waals surface area contributed by atoms with E-state index in [4.69, 9.17) is 5.73 Å². The van der Waals surface area contributed by atoms with Crippen molar-refractivity contribution < 1.29 is 48.6 Å². The van der Waals surface area contributed by atoms with Gasteiger partial charge in [0.05, 0.1) is 12.6 Å². The average Bonchev–Trinajstić information content (AvgIpc) is 4.14. The first kappa shape index (κ1) is 47.4. The molecule has 4 aliphatic heterocycles. The molecule has 4 aliphatic rings. The molecule has 0 bridgehead atoms. The van der Waals surface area contributed by atoms with Crippen LogP contribution in [0.1, 0.15) is 82.8 Å². The first-order valence-corrected chi connectivity index (χ1v) is 22.6. The molecule has 18 nitrogen and oxygen atoms in total. The van der Waals surface area contributed by atoms with E-state index in [2.05, 4.69) is 16.0 Å². The van der Waals surface area contributed by atoms with Gasteiger partial charge in [0.2, 0.25) is 41.4 Å². The summed E-state index contributed by atoms with van der Waals surface area (Å²) < 4.78 is 0. The third kappa shape index (κ3) is 11.2. The van der Waals surface area contributed by atoms with Gasteiger partial charge < -0.3 is 51.5 Å². The second kappa shape index (κ2) is 21.6. The Bertz CT molecular complexity index is 2040. The number of carboxylic acids is 1.